The van der Waals surface area contributed by atoms with Crippen molar-refractivity contribution in [2.24, 2.45) is 5.73 Å². The maximum Gasteiger partial charge on any atom is 0.0825 e. The SMILES string of the molecule is COC1(C)CCCN(c2ccccc2C(C)N)C1. The third-order valence-electron chi connectivity index (χ3n) is 3.92. The Morgan fingerprint density at radius 3 is 2.78 bits per heavy atom. The first kappa shape index (κ1) is 13.4. The molecule has 1 aromatic carbocycles. The summed E-state index contributed by atoms with van der Waals surface area (Å²) in [6.45, 7) is 6.25. The first-order valence-corrected chi connectivity index (χ1v) is 6.70. The molecular weight excluding hydrogens is 224 g/mol. The number of anilines is 1. The smallest absolute Gasteiger partial charge is 0.0825 e. The Hall–Kier alpha value is -1.06. The molecule has 0 amide bonds. The molecule has 1 aliphatic heterocycles. The van der Waals surface area contributed by atoms with Crippen molar-refractivity contribution >= 4 is 5.69 Å². The van der Waals surface area contributed by atoms with E-state index >= 15 is 0 Å². The van der Waals surface area contributed by atoms with Crippen molar-refractivity contribution in [3.63, 3.8) is 0 Å². The monoisotopic (exact) mass is 248 g/mol. The Kier molecular flexibility index (Phi) is 3.93. The summed E-state index contributed by atoms with van der Waals surface area (Å²) in [6, 6.07) is 8.50. The Bertz CT molecular complexity index is 405. The average Bonchev–Trinajstić information content (AvgIpc) is 2.39. The minimum atomic E-state index is -0.0385. The molecule has 1 saturated heterocycles. The number of nitrogens with two attached hydrogens (primary N) is 1. The molecule has 0 aromatic heterocycles. The zero-order valence-electron chi connectivity index (χ0n) is 11.6. The lowest BCUT2D eigenvalue weighted by Crippen LogP contribution is -2.47. The second kappa shape index (κ2) is 5.29. The molecular formula is C15H24N2O. The van der Waals surface area contributed by atoms with Gasteiger partial charge < -0.3 is 15.4 Å². The van der Waals surface area contributed by atoms with Gasteiger partial charge in [0, 0.05) is 31.9 Å². The zero-order valence-corrected chi connectivity index (χ0v) is 11.6. The Balaban J connectivity index is 2.26. The molecule has 0 radical (unpaired) electrons. The zero-order chi connectivity index (χ0) is 13.2. The first-order valence-electron chi connectivity index (χ1n) is 6.70. The molecule has 1 fully saturated rings. The van der Waals surface area contributed by atoms with Gasteiger partial charge in [-0.05, 0) is 38.3 Å². The van der Waals surface area contributed by atoms with E-state index < -0.39 is 0 Å². The lowest BCUT2D eigenvalue weighted by Gasteiger charge is -2.41. The number of hydrogen-bond acceptors (Lipinski definition) is 3. The quantitative estimate of drug-likeness (QED) is 0.894. The number of hydrogen-bond donors (Lipinski definition) is 1. The van der Waals surface area contributed by atoms with Gasteiger partial charge in [-0.1, -0.05) is 18.2 Å². The van der Waals surface area contributed by atoms with Gasteiger partial charge in [0.05, 0.1) is 5.60 Å². The highest BCUT2D eigenvalue weighted by molar-refractivity contribution is 5.55. The Labute approximate surface area is 110 Å². The number of nitrogens with zero attached hydrogens (tertiary/aromatic N) is 1. The summed E-state index contributed by atoms with van der Waals surface area (Å²) in [4.78, 5) is 2.41. The number of methoxy groups -OCH3 is 1. The summed E-state index contributed by atoms with van der Waals surface area (Å²) in [5.41, 5.74) is 8.50. The first-order chi connectivity index (χ1) is 8.56. The molecule has 3 heteroatoms. The van der Waals surface area contributed by atoms with Crippen molar-refractivity contribution in [3.05, 3.63) is 29.8 Å². The van der Waals surface area contributed by atoms with Crippen LogP contribution in [0.15, 0.2) is 24.3 Å². The average molecular weight is 248 g/mol. The molecule has 0 saturated carbocycles. The molecule has 1 heterocycles. The Morgan fingerprint density at radius 2 is 2.11 bits per heavy atom. The molecule has 18 heavy (non-hydrogen) atoms. The third-order valence-corrected chi connectivity index (χ3v) is 3.92. The van der Waals surface area contributed by atoms with E-state index in [-0.39, 0.29) is 11.6 Å². The van der Waals surface area contributed by atoms with Crippen LogP contribution in [0.2, 0.25) is 0 Å². The van der Waals surface area contributed by atoms with Crippen LogP contribution in [0.1, 0.15) is 38.3 Å². The van der Waals surface area contributed by atoms with Gasteiger partial charge in [0.1, 0.15) is 0 Å². The molecule has 2 rings (SSSR count). The van der Waals surface area contributed by atoms with Crippen LogP contribution < -0.4 is 10.6 Å². The molecule has 3 nitrogen and oxygen atoms in total. The van der Waals surface area contributed by atoms with Gasteiger partial charge in [-0.3, -0.25) is 0 Å². The summed E-state index contributed by atoms with van der Waals surface area (Å²) in [5, 5.41) is 0. The highest BCUT2D eigenvalue weighted by Crippen LogP contribution is 2.31. The van der Waals surface area contributed by atoms with E-state index in [0.717, 1.165) is 25.9 Å². The van der Waals surface area contributed by atoms with E-state index in [1.54, 1.807) is 7.11 Å². The largest absolute Gasteiger partial charge is 0.377 e. The fourth-order valence-electron chi connectivity index (χ4n) is 2.74. The topological polar surface area (TPSA) is 38.5 Å². The van der Waals surface area contributed by atoms with Crippen LogP contribution in [0.3, 0.4) is 0 Å². The number of para-hydroxylation sites is 1. The van der Waals surface area contributed by atoms with E-state index in [1.807, 2.05) is 6.92 Å². The van der Waals surface area contributed by atoms with Crippen molar-refractivity contribution in [2.45, 2.75) is 38.3 Å². The van der Waals surface area contributed by atoms with Gasteiger partial charge in [-0.15, -0.1) is 0 Å². The summed E-state index contributed by atoms with van der Waals surface area (Å²) in [6.07, 6.45) is 2.29. The number of piperidine rings is 1. The van der Waals surface area contributed by atoms with Gasteiger partial charge in [-0.2, -0.15) is 0 Å². The van der Waals surface area contributed by atoms with Crippen molar-refractivity contribution in [2.75, 3.05) is 25.1 Å². The molecule has 1 aromatic rings. The summed E-state index contributed by atoms with van der Waals surface area (Å²) >= 11 is 0. The molecule has 2 atom stereocenters. The van der Waals surface area contributed by atoms with Crippen LogP contribution in [0.4, 0.5) is 5.69 Å². The van der Waals surface area contributed by atoms with Crippen molar-refractivity contribution in [1.82, 2.24) is 0 Å². The fraction of sp³-hybridized carbons (Fsp3) is 0.600. The normalized spacial score (nSPS) is 26.1. The standard InChI is InChI=1S/C15H24N2O/c1-12(16)13-7-4-5-8-14(13)17-10-6-9-15(2,11-17)18-3/h4-5,7-8,12H,6,9-11,16H2,1-3H3. The van der Waals surface area contributed by atoms with Crippen molar-refractivity contribution < 1.29 is 4.74 Å². The van der Waals surface area contributed by atoms with E-state index in [0.29, 0.717) is 0 Å². The molecule has 0 spiro atoms. The van der Waals surface area contributed by atoms with Gasteiger partial charge >= 0.3 is 0 Å². The van der Waals surface area contributed by atoms with Crippen LogP contribution in [0, 0.1) is 0 Å². The highest BCUT2D eigenvalue weighted by atomic mass is 16.5. The van der Waals surface area contributed by atoms with Crippen LogP contribution in [-0.4, -0.2) is 25.8 Å². The van der Waals surface area contributed by atoms with Crippen LogP contribution in [0.25, 0.3) is 0 Å². The van der Waals surface area contributed by atoms with Crippen LogP contribution in [-0.2, 0) is 4.74 Å². The number of ether oxygens (including phenoxy) is 1. The summed E-state index contributed by atoms with van der Waals surface area (Å²) in [7, 11) is 1.81. The van der Waals surface area contributed by atoms with E-state index in [2.05, 4.69) is 36.1 Å². The summed E-state index contributed by atoms with van der Waals surface area (Å²) in [5.74, 6) is 0. The van der Waals surface area contributed by atoms with E-state index in [1.165, 1.54) is 11.3 Å². The second-order valence-electron chi connectivity index (χ2n) is 5.53. The second-order valence-corrected chi connectivity index (χ2v) is 5.53. The maximum atomic E-state index is 6.06. The third kappa shape index (κ3) is 2.68. The van der Waals surface area contributed by atoms with Crippen molar-refractivity contribution in [3.8, 4) is 0 Å². The molecule has 0 aliphatic carbocycles. The van der Waals surface area contributed by atoms with E-state index in [4.69, 9.17) is 10.5 Å². The van der Waals surface area contributed by atoms with Gasteiger partial charge in [0.2, 0.25) is 0 Å². The van der Waals surface area contributed by atoms with Gasteiger partial charge in [0.25, 0.3) is 0 Å². The predicted molar refractivity (Wildman–Crippen MR) is 75.9 cm³/mol. The van der Waals surface area contributed by atoms with Gasteiger partial charge in [-0.25, -0.2) is 0 Å². The molecule has 100 valence electrons. The number of benzene rings is 1. The van der Waals surface area contributed by atoms with Gasteiger partial charge in [0.15, 0.2) is 0 Å². The molecule has 1 aliphatic rings. The van der Waals surface area contributed by atoms with E-state index in [9.17, 15) is 0 Å². The predicted octanol–water partition coefficient (Wildman–Crippen LogP) is 2.71. The molecule has 2 N–H and O–H groups in total. The molecule has 2 unspecified atom stereocenters. The minimum absolute atomic E-state index is 0.0385. The molecule has 0 bridgehead atoms. The Morgan fingerprint density at radius 1 is 1.39 bits per heavy atom. The maximum absolute atomic E-state index is 6.06. The lowest BCUT2D eigenvalue weighted by atomic mass is 9.93. The van der Waals surface area contributed by atoms with Crippen molar-refractivity contribution in [1.29, 1.82) is 0 Å². The lowest BCUT2D eigenvalue weighted by molar-refractivity contribution is -0.00469. The van der Waals surface area contributed by atoms with Crippen LogP contribution in [0.5, 0.6) is 0 Å². The highest BCUT2D eigenvalue weighted by Gasteiger charge is 2.31. The fourth-order valence-corrected chi connectivity index (χ4v) is 2.74. The number of rotatable bonds is 3. The minimum Gasteiger partial charge on any atom is -0.377 e. The van der Waals surface area contributed by atoms with Crippen LogP contribution >= 0.6 is 0 Å². The summed E-state index contributed by atoms with van der Waals surface area (Å²) < 4.78 is 5.66.